The predicted molar refractivity (Wildman–Crippen MR) is 60.5 cm³/mol. The van der Waals surface area contributed by atoms with E-state index < -0.39 is 0 Å². The Bertz CT molecular complexity index is 283. The lowest BCUT2D eigenvalue weighted by atomic mass is 9.99. The fourth-order valence-corrected chi connectivity index (χ4v) is 2.11. The first-order chi connectivity index (χ1) is 7.25. The van der Waals surface area contributed by atoms with Crippen molar-refractivity contribution in [2.24, 2.45) is 0 Å². The van der Waals surface area contributed by atoms with E-state index in [4.69, 9.17) is 0 Å². The van der Waals surface area contributed by atoms with Crippen molar-refractivity contribution in [3.63, 3.8) is 0 Å². The number of piperidine rings is 1. The number of nitrogens with one attached hydrogen (secondary N) is 2. The second-order valence-corrected chi connectivity index (χ2v) is 4.51. The molecule has 1 aliphatic rings. The van der Waals surface area contributed by atoms with E-state index in [0.717, 1.165) is 6.54 Å². The Kier molecular flexibility index (Phi) is 3.38. The molecule has 0 saturated carbocycles. The van der Waals surface area contributed by atoms with E-state index in [2.05, 4.69) is 34.2 Å². The molecule has 0 aliphatic carbocycles. The normalized spacial score (nSPS) is 28.1. The van der Waals surface area contributed by atoms with Gasteiger partial charge in [0.2, 0.25) is 0 Å². The van der Waals surface area contributed by atoms with Crippen molar-refractivity contribution in [1.82, 2.24) is 20.2 Å². The molecule has 2 N–H and O–H groups in total. The minimum atomic E-state index is 0.652. The summed E-state index contributed by atoms with van der Waals surface area (Å²) in [5.74, 6) is 0. The van der Waals surface area contributed by atoms with Crippen molar-refractivity contribution in [3.05, 3.63) is 18.2 Å². The van der Waals surface area contributed by atoms with E-state index in [9.17, 15) is 0 Å². The highest BCUT2D eigenvalue weighted by molar-refractivity contribution is 4.94. The van der Waals surface area contributed by atoms with Crippen LogP contribution in [0.4, 0.5) is 0 Å². The topological polar surface area (TPSA) is 44.0 Å². The summed E-state index contributed by atoms with van der Waals surface area (Å²) in [5, 5.41) is 3.58. The molecule has 2 atom stereocenters. The summed E-state index contributed by atoms with van der Waals surface area (Å²) in [5.41, 5.74) is 1.17. The highest BCUT2D eigenvalue weighted by Crippen LogP contribution is 2.15. The fourth-order valence-electron chi connectivity index (χ4n) is 2.11. The molecule has 4 heteroatoms. The molecule has 2 heterocycles. The molecule has 0 bridgehead atoms. The zero-order chi connectivity index (χ0) is 10.7. The van der Waals surface area contributed by atoms with Crippen molar-refractivity contribution >= 4 is 0 Å². The third kappa shape index (κ3) is 2.79. The molecule has 0 spiro atoms. The Balaban J connectivity index is 1.76. The second-order valence-electron chi connectivity index (χ2n) is 4.51. The van der Waals surface area contributed by atoms with Gasteiger partial charge in [0.1, 0.15) is 0 Å². The number of nitrogens with zero attached hydrogens (tertiary/aromatic N) is 2. The maximum atomic E-state index is 4.01. The Labute approximate surface area is 91.1 Å². The van der Waals surface area contributed by atoms with Gasteiger partial charge in [0.15, 0.2) is 0 Å². The number of aromatic nitrogens is 2. The van der Waals surface area contributed by atoms with Crippen LogP contribution < -0.4 is 5.32 Å². The van der Waals surface area contributed by atoms with Gasteiger partial charge in [-0.15, -0.1) is 0 Å². The van der Waals surface area contributed by atoms with Crippen molar-refractivity contribution < 1.29 is 0 Å². The molecular formula is C11H20N4. The van der Waals surface area contributed by atoms with Crippen molar-refractivity contribution in [2.45, 2.75) is 38.4 Å². The number of hydrogen-bond donors (Lipinski definition) is 2. The smallest absolute Gasteiger partial charge is 0.0922 e. The zero-order valence-electron chi connectivity index (χ0n) is 9.53. The summed E-state index contributed by atoms with van der Waals surface area (Å²) in [6.45, 7) is 4.40. The van der Waals surface area contributed by atoms with Crippen LogP contribution in [0.25, 0.3) is 0 Å². The Morgan fingerprint density at radius 3 is 3.20 bits per heavy atom. The van der Waals surface area contributed by atoms with Crippen LogP contribution >= 0.6 is 0 Å². The van der Waals surface area contributed by atoms with E-state index >= 15 is 0 Å². The van der Waals surface area contributed by atoms with E-state index in [-0.39, 0.29) is 0 Å². The van der Waals surface area contributed by atoms with Gasteiger partial charge in [0.25, 0.3) is 0 Å². The molecule has 0 amide bonds. The standard InChI is InChI=1S/C11H20N4/c1-9-5-10(3-4-15(9)2)13-7-11-6-12-8-14-11/h6,8-10,13H,3-5,7H2,1-2H3,(H,12,14). The van der Waals surface area contributed by atoms with E-state index in [1.54, 1.807) is 6.33 Å². The van der Waals surface area contributed by atoms with Gasteiger partial charge in [-0.3, -0.25) is 0 Å². The second kappa shape index (κ2) is 4.77. The van der Waals surface area contributed by atoms with Gasteiger partial charge in [0, 0.05) is 30.5 Å². The van der Waals surface area contributed by atoms with Crippen molar-refractivity contribution in [3.8, 4) is 0 Å². The summed E-state index contributed by atoms with van der Waals surface area (Å²) in [6, 6.07) is 1.34. The summed E-state index contributed by atoms with van der Waals surface area (Å²) in [7, 11) is 2.20. The van der Waals surface area contributed by atoms with Crippen LogP contribution in [0.5, 0.6) is 0 Å². The number of imidazole rings is 1. The number of aromatic amines is 1. The van der Waals surface area contributed by atoms with Gasteiger partial charge < -0.3 is 15.2 Å². The molecular weight excluding hydrogens is 188 g/mol. The quantitative estimate of drug-likeness (QED) is 0.778. The zero-order valence-corrected chi connectivity index (χ0v) is 9.53. The van der Waals surface area contributed by atoms with Crippen LogP contribution in [0, 0.1) is 0 Å². The number of rotatable bonds is 3. The number of H-pyrrole nitrogens is 1. The van der Waals surface area contributed by atoms with Crippen molar-refractivity contribution in [2.75, 3.05) is 13.6 Å². The molecule has 1 aromatic heterocycles. The molecule has 1 aliphatic heterocycles. The third-order valence-corrected chi connectivity index (χ3v) is 3.34. The van der Waals surface area contributed by atoms with Crippen LogP contribution in [0.2, 0.25) is 0 Å². The molecule has 4 nitrogen and oxygen atoms in total. The van der Waals surface area contributed by atoms with Gasteiger partial charge in [-0.2, -0.15) is 0 Å². The number of likely N-dealkylation sites (tertiary alicyclic amines) is 1. The largest absolute Gasteiger partial charge is 0.347 e. The Morgan fingerprint density at radius 2 is 2.53 bits per heavy atom. The van der Waals surface area contributed by atoms with Crippen LogP contribution in [0.1, 0.15) is 25.5 Å². The Hall–Kier alpha value is -0.870. The average molecular weight is 208 g/mol. The molecule has 1 saturated heterocycles. The summed E-state index contributed by atoms with van der Waals surface area (Å²) in [4.78, 5) is 9.55. The maximum Gasteiger partial charge on any atom is 0.0922 e. The molecule has 2 rings (SSSR count). The first kappa shape index (κ1) is 10.6. The van der Waals surface area contributed by atoms with Gasteiger partial charge in [-0.1, -0.05) is 0 Å². The van der Waals surface area contributed by atoms with Crippen LogP contribution in [0.15, 0.2) is 12.5 Å². The van der Waals surface area contributed by atoms with E-state index in [1.807, 2.05) is 6.20 Å². The summed E-state index contributed by atoms with van der Waals surface area (Å²) >= 11 is 0. The fraction of sp³-hybridized carbons (Fsp3) is 0.727. The first-order valence-corrected chi connectivity index (χ1v) is 5.66. The lowest BCUT2D eigenvalue weighted by molar-refractivity contribution is 0.168. The molecule has 1 fully saturated rings. The highest BCUT2D eigenvalue weighted by Gasteiger charge is 2.21. The third-order valence-electron chi connectivity index (χ3n) is 3.34. The summed E-state index contributed by atoms with van der Waals surface area (Å²) < 4.78 is 0. The van der Waals surface area contributed by atoms with E-state index in [1.165, 1.54) is 25.1 Å². The monoisotopic (exact) mass is 208 g/mol. The average Bonchev–Trinajstić information content (AvgIpc) is 2.73. The molecule has 15 heavy (non-hydrogen) atoms. The van der Waals surface area contributed by atoms with Crippen LogP contribution in [-0.4, -0.2) is 40.5 Å². The minimum Gasteiger partial charge on any atom is -0.347 e. The van der Waals surface area contributed by atoms with Gasteiger partial charge in [-0.05, 0) is 33.4 Å². The van der Waals surface area contributed by atoms with Gasteiger partial charge >= 0.3 is 0 Å². The maximum absolute atomic E-state index is 4.01. The molecule has 1 aromatic rings. The molecule has 0 radical (unpaired) electrons. The predicted octanol–water partition coefficient (Wildman–Crippen LogP) is 0.982. The number of hydrogen-bond acceptors (Lipinski definition) is 3. The molecule has 0 aromatic carbocycles. The minimum absolute atomic E-state index is 0.652. The summed E-state index contributed by atoms with van der Waals surface area (Å²) in [6.07, 6.45) is 6.10. The van der Waals surface area contributed by atoms with Crippen LogP contribution in [-0.2, 0) is 6.54 Å². The molecule has 2 unspecified atom stereocenters. The molecule has 84 valence electrons. The van der Waals surface area contributed by atoms with Crippen LogP contribution in [0.3, 0.4) is 0 Å². The SMILES string of the molecule is CC1CC(NCc2cnc[nH]2)CCN1C. The van der Waals surface area contributed by atoms with Crippen molar-refractivity contribution in [1.29, 1.82) is 0 Å². The van der Waals surface area contributed by atoms with E-state index in [0.29, 0.717) is 12.1 Å². The first-order valence-electron chi connectivity index (χ1n) is 5.66. The van der Waals surface area contributed by atoms with Gasteiger partial charge in [0.05, 0.1) is 6.33 Å². The lowest BCUT2D eigenvalue weighted by Gasteiger charge is -2.35. The van der Waals surface area contributed by atoms with Gasteiger partial charge in [-0.25, -0.2) is 4.98 Å². The lowest BCUT2D eigenvalue weighted by Crippen LogP contribution is -2.45. The highest BCUT2D eigenvalue weighted by atomic mass is 15.1. The Morgan fingerprint density at radius 1 is 1.67 bits per heavy atom.